The van der Waals surface area contributed by atoms with Crippen molar-refractivity contribution in [2.75, 3.05) is 0 Å². The van der Waals surface area contributed by atoms with Crippen molar-refractivity contribution in [1.29, 1.82) is 21.2 Å². The van der Waals surface area contributed by atoms with Gasteiger partial charge in [-0.15, -0.1) is 0 Å². The molecule has 0 spiro atoms. The van der Waals surface area contributed by atoms with Gasteiger partial charge in [0.15, 0.2) is 5.41 Å². The topological polar surface area (TPSA) is 114 Å². The van der Waals surface area contributed by atoms with Gasteiger partial charge < -0.3 is 9.47 Å². The molecule has 0 aromatic heterocycles. The van der Waals surface area contributed by atoms with E-state index in [0.717, 1.165) is 0 Å². The molecule has 4 rings (SSSR count). The maximum absolute atomic E-state index is 13.6. The molecule has 0 aliphatic carbocycles. The van der Waals surface area contributed by atoms with Crippen molar-refractivity contribution < 1.29 is 13.9 Å². The number of halogens is 1. The number of rotatable bonds is 3. The molecule has 0 radical (unpaired) electrons. The lowest BCUT2D eigenvalue weighted by molar-refractivity contribution is -0.292. The second-order valence-corrected chi connectivity index (χ2v) is 7.43. The van der Waals surface area contributed by atoms with Crippen LogP contribution in [0.15, 0.2) is 54.6 Å². The van der Waals surface area contributed by atoms with E-state index in [9.17, 15) is 20.2 Å². The Hall–Kier alpha value is -3.73. The maximum atomic E-state index is 13.6. The molecule has 2 heterocycles. The predicted molar refractivity (Wildman–Crippen MR) is 103 cm³/mol. The quantitative estimate of drug-likeness (QED) is 0.824. The van der Waals surface area contributed by atoms with Crippen molar-refractivity contribution in [2.45, 2.75) is 25.2 Å². The molecule has 6 nitrogen and oxygen atoms in total. The summed E-state index contributed by atoms with van der Waals surface area (Å²) in [6, 6.07) is 20.2. The van der Waals surface area contributed by atoms with Crippen LogP contribution in [0.1, 0.15) is 30.6 Å². The zero-order chi connectivity index (χ0) is 21.6. The summed E-state index contributed by atoms with van der Waals surface area (Å²) in [5.41, 5.74) is -2.99. The zero-order valence-corrected chi connectivity index (χ0v) is 16.1. The molecule has 0 saturated carbocycles. The predicted octanol–water partition coefficient (Wildman–Crippen LogP) is 4.33. The summed E-state index contributed by atoms with van der Waals surface area (Å²) in [5, 5.41) is 39.3. The Kier molecular flexibility index (Phi) is 4.35. The van der Waals surface area contributed by atoms with Crippen molar-refractivity contribution in [3.63, 3.8) is 0 Å². The number of hydrogen-bond acceptors (Lipinski definition) is 6. The molecule has 0 amide bonds. The van der Waals surface area contributed by atoms with Gasteiger partial charge in [-0.25, -0.2) is 4.39 Å². The molecule has 30 heavy (non-hydrogen) atoms. The zero-order valence-electron chi connectivity index (χ0n) is 16.1. The van der Waals surface area contributed by atoms with Crippen LogP contribution in [0.5, 0.6) is 0 Å². The molecule has 2 aliphatic rings. The highest BCUT2D eigenvalue weighted by Gasteiger charge is 2.80. The van der Waals surface area contributed by atoms with Gasteiger partial charge in [-0.3, -0.25) is 5.41 Å². The first-order valence-electron chi connectivity index (χ1n) is 9.46. The van der Waals surface area contributed by atoms with E-state index in [1.165, 1.54) is 24.3 Å². The van der Waals surface area contributed by atoms with Gasteiger partial charge in [0.05, 0.1) is 24.1 Å². The van der Waals surface area contributed by atoms with Crippen molar-refractivity contribution in [2.24, 2.45) is 16.7 Å². The Morgan fingerprint density at radius 2 is 1.63 bits per heavy atom. The van der Waals surface area contributed by atoms with Crippen molar-refractivity contribution in [1.82, 2.24) is 0 Å². The summed E-state index contributed by atoms with van der Waals surface area (Å²) in [5.74, 6) is -3.26. The van der Waals surface area contributed by atoms with Gasteiger partial charge in [0.1, 0.15) is 11.9 Å². The van der Waals surface area contributed by atoms with E-state index in [4.69, 9.17) is 14.9 Å². The number of hydrogen-bond donors (Lipinski definition) is 1. The SMILES string of the molecule is CCC1C2(c3ccccc3)OC(=N)C1(C#N)C(C#N)(C#N)C(c1ccc(F)cc1)O2. The van der Waals surface area contributed by atoms with Gasteiger partial charge in [-0.1, -0.05) is 49.4 Å². The highest BCUT2D eigenvalue weighted by molar-refractivity contribution is 5.89. The van der Waals surface area contributed by atoms with Crippen LogP contribution >= 0.6 is 0 Å². The van der Waals surface area contributed by atoms with E-state index >= 15 is 0 Å². The molecular weight excluding hydrogens is 383 g/mol. The first-order chi connectivity index (χ1) is 14.5. The lowest BCUT2D eigenvalue weighted by atomic mass is 9.52. The van der Waals surface area contributed by atoms with Gasteiger partial charge in [0, 0.05) is 5.56 Å². The van der Waals surface area contributed by atoms with E-state index < -0.39 is 40.4 Å². The van der Waals surface area contributed by atoms with E-state index in [1.807, 2.05) is 18.2 Å². The van der Waals surface area contributed by atoms with Crippen LogP contribution in [-0.2, 0) is 15.3 Å². The average Bonchev–Trinajstić information content (AvgIpc) is 2.99. The van der Waals surface area contributed by atoms with Crippen molar-refractivity contribution in [3.8, 4) is 18.2 Å². The third kappa shape index (κ3) is 2.15. The third-order valence-electron chi connectivity index (χ3n) is 6.19. The lowest BCUT2D eigenvalue weighted by Gasteiger charge is -2.49. The summed E-state index contributed by atoms with van der Waals surface area (Å²) in [7, 11) is 0. The Bertz CT molecular complexity index is 1120. The van der Waals surface area contributed by atoms with Crippen LogP contribution in [0, 0.1) is 62.0 Å². The Balaban J connectivity index is 2.06. The normalized spacial score (nSPS) is 31.1. The smallest absolute Gasteiger partial charge is 0.244 e. The Labute approximate surface area is 173 Å². The van der Waals surface area contributed by atoms with Gasteiger partial charge in [0.25, 0.3) is 0 Å². The average molecular weight is 400 g/mol. The summed E-state index contributed by atoms with van der Waals surface area (Å²) >= 11 is 0. The minimum absolute atomic E-state index is 0.325. The molecule has 7 heteroatoms. The standard InChI is InChI=1S/C23H17FN4O2/c1-2-18-22(14-27)20(28)30-23(18,16-6-4-3-5-7-16)29-19(21(22,12-25)13-26)15-8-10-17(24)11-9-15/h3-11,18-19,28H,2H2,1H3. The molecule has 2 fully saturated rings. The van der Waals surface area contributed by atoms with Gasteiger partial charge in [-0.05, 0) is 24.1 Å². The Morgan fingerprint density at radius 3 is 2.17 bits per heavy atom. The van der Waals surface area contributed by atoms with Crippen LogP contribution in [0.2, 0.25) is 0 Å². The summed E-state index contributed by atoms with van der Waals surface area (Å²) in [6.07, 6.45) is -0.912. The molecular formula is C23H17FN4O2. The molecule has 1 N–H and O–H groups in total. The minimum atomic E-state index is -2.06. The maximum Gasteiger partial charge on any atom is 0.244 e. The van der Waals surface area contributed by atoms with Crippen LogP contribution in [0.4, 0.5) is 4.39 Å². The fraction of sp³-hybridized carbons (Fsp3) is 0.304. The molecule has 2 bridgehead atoms. The Morgan fingerprint density at radius 1 is 1.00 bits per heavy atom. The molecule has 2 aromatic rings. The fourth-order valence-corrected chi connectivity index (χ4v) is 4.84. The van der Waals surface area contributed by atoms with Crippen molar-refractivity contribution >= 4 is 5.90 Å². The number of nitriles is 3. The van der Waals surface area contributed by atoms with Crippen LogP contribution in [0.3, 0.4) is 0 Å². The molecule has 2 aliphatic heterocycles. The van der Waals surface area contributed by atoms with Gasteiger partial charge in [0.2, 0.25) is 17.1 Å². The minimum Gasteiger partial charge on any atom is -0.443 e. The number of benzene rings is 2. The summed E-state index contributed by atoms with van der Waals surface area (Å²) < 4.78 is 25.9. The van der Waals surface area contributed by atoms with Crippen molar-refractivity contribution in [3.05, 3.63) is 71.5 Å². The number of nitrogens with zero attached hydrogens (tertiary/aromatic N) is 3. The molecule has 4 atom stereocenters. The fourth-order valence-electron chi connectivity index (χ4n) is 4.84. The van der Waals surface area contributed by atoms with Crippen LogP contribution < -0.4 is 0 Å². The molecule has 2 saturated heterocycles. The largest absolute Gasteiger partial charge is 0.443 e. The first-order valence-corrected chi connectivity index (χ1v) is 9.46. The molecule has 148 valence electrons. The van der Waals surface area contributed by atoms with Crippen LogP contribution in [0.25, 0.3) is 0 Å². The third-order valence-corrected chi connectivity index (χ3v) is 6.19. The van der Waals surface area contributed by atoms with E-state index in [1.54, 1.807) is 31.2 Å². The second-order valence-electron chi connectivity index (χ2n) is 7.43. The highest BCUT2D eigenvalue weighted by atomic mass is 19.1. The number of fused-ring (bicyclic) bond motifs is 2. The molecule has 2 aromatic carbocycles. The number of nitrogens with one attached hydrogen (secondary N) is 1. The lowest BCUT2D eigenvalue weighted by Crippen LogP contribution is -2.58. The van der Waals surface area contributed by atoms with E-state index in [-0.39, 0.29) is 0 Å². The number of ether oxygens (including phenoxy) is 2. The highest BCUT2D eigenvalue weighted by Crippen LogP contribution is 2.69. The van der Waals surface area contributed by atoms with E-state index in [2.05, 4.69) is 6.07 Å². The first kappa shape index (κ1) is 19.6. The summed E-state index contributed by atoms with van der Waals surface area (Å²) in [6.45, 7) is 1.80. The van der Waals surface area contributed by atoms with Gasteiger partial charge in [-0.2, -0.15) is 15.8 Å². The van der Waals surface area contributed by atoms with Gasteiger partial charge >= 0.3 is 0 Å². The van der Waals surface area contributed by atoms with Crippen LogP contribution in [-0.4, -0.2) is 5.90 Å². The second kappa shape index (κ2) is 6.66. The van der Waals surface area contributed by atoms with E-state index in [0.29, 0.717) is 17.5 Å². The monoisotopic (exact) mass is 400 g/mol. The summed E-state index contributed by atoms with van der Waals surface area (Å²) in [4.78, 5) is 0. The molecule has 4 unspecified atom stereocenters.